The number of alkyl halides is 6. The van der Waals surface area contributed by atoms with Crippen LogP contribution >= 0.6 is 23.5 Å². The van der Waals surface area contributed by atoms with Gasteiger partial charge < -0.3 is 9.47 Å². The number of rotatable bonds is 4. The molecule has 0 unspecified atom stereocenters. The average molecular weight is 571 g/mol. The number of methoxy groups -OCH3 is 1. The summed E-state index contributed by atoms with van der Waals surface area (Å²) in [4.78, 5) is 0.963. The molecule has 0 amide bonds. The Bertz CT molecular complexity index is 1510. The van der Waals surface area contributed by atoms with E-state index in [0.717, 1.165) is 22.5 Å². The van der Waals surface area contributed by atoms with Gasteiger partial charge in [0.2, 0.25) is 0 Å². The van der Waals surface area contributed by atoms with Gasteiger partial charge in [-0.3, -0.25) is 0 Å². The highest BCUT2D eigenvalue weighted by Gasteiger charge is 2.85. The highest BCUT2D eigenvalue weighted by atomic mass is 32.2. The van der Waals surface area contributed by atoms with E-state index in [9.17, 15) is 0 Å². The zero-order valence-corrected chi connectivity index (χ0v) is 22.8. The van der Waals surface area contributed by atoms with Crippen LogP contribution in [0.25, 0.3) is 10.8 Å². The van der Waals surface area contributed by atoms with Gasteiger partial charge in [-0.2, -0.15) is 26.3 Å². The number of thioether (sulfide) groups is 2. The topological polar surface area (TPSA) is 18.5 Å². The van der Waals surface area contributed by atoms with Crippen molar-refractivity contribution in [2.24, 2.45) is 0 Å². The van der Waals surface area contributed by atoms with Crippen molar-refractivity contribution < 1.29 is 35.8 Å². The lowest BCUT2D eigenvalue weighted by molar-refractivity contribution is -0.258. The van der Waals surface area contributed by atoms with E-state index in [-0.39, 0.29) is 17.3 Å². The van der Waals surface area contributed by atoms with Gasteiger partial charge in [-0.1, -0.05) is 42.1 Å². The molecule has 2 aromatic rings. The fraction of sp³-hybridized carbons (Fsp3) is 0.429. The van der Waals surface area contributed by atoms with Gasteiger partial charge in [0.25, 0.3) is 0 Å². The van der Waals surface area contributed by atoms with Crippen LogP contribution in [0.4, 0.5) is 26.3 Å². The zero-order chi connectivity index (χ0) is 27.6. The second-order valence-electron chi connectivity index (χ2n) is 10.3. The van der Waals surface area contributed by atoms with E-state index in [0.29, 0.717) is 20.9 Å². The molecule has 2 nitrogen and oxygen atoms in total. The molecule has 10 heteroatoms. The van der Waals surface area contributed by atoms with Crippen LogP contribution in [0.15, 0.2) is 73.4 Å². The third-order valence-electron chi connectivity index (χ3n) is 8.53. The Balaban J connectivity index is 1.85. The van der Waals surface area contributed by atoms with Crippen LogP contribution in [0.3, 0.4) is 0 Å². The summed E-state index contributed by atoms with van der Waals surface area (Å²) in [5, 5.41) is 1.54. The molecule has 0 bridgehead atoms. The maximum absolute atomic E-state index is 15.8. The standard InChI is InChI=1S/C28H24F6O2S2/c1-13-14(2)38-24(4)19(13)21-22(27(31,32)28(33,34)26(21,29)30)23-25(24,15(3)36-12-35-5)20-17-9-7-6-8-16(17)10-11-18(20)37-23/h6-11,15H,12H2,1-5H3/t15-,24+,25-/m1/s1. The van der Waals surface area contributed by atoms with E-state index in [1.54, 1.807) is 33.8 Å². The van der Waals surface area contributed by atoms with Crippen LogP contribution in [-0.4, -0.2) is 42.5 Å². The van der Waals surface area contributed by atoms with Crippen molar-refractivity contribution in [3.63, 3.8) is 0 Å². The second-order valence-corrected chi connectivity index (χ2v) is 13.0. The summed E-state index contributed by atoms with van der Waals surface area (Å²) in [7, 11) is 1.41. The predicted octanol–water partition coefficient (Wildman–Crippen LogP) is 8.48. The van der Waals surface area contributed by atoms with Gasteiger partial charge >= 0.3 is 17.8 Å². The second kappa shape index (κ2) is 7.86. The summed E-state index contributed by atoms with van der Waals surface area (Å²) in [6.07, 6.45) is -0.907. The molecular formula is C28H24F6O2S2. The number of hydrogen-bond acceptors (Lipinski definition) is 4. The maximum atomic E-state index is 15.8. The summed E-state index contributed by atoms with van der Waals surface area (Å²) in [6, 6.07) is 10.9. The zero-order valence-electron chi connectivity index (χ0n) is 21.1. The van der Waals surface area contributed by atoms with Gasteiger partial charge in [0.05, 0.1) is 16.3 Å². The number of allylic oxidation sites excluding steroid dienone is 4. The minimum absolute atomic E-state index is 0.158. The largest absolute Gasteiger partial charge is 0.380 e. The minimum atomic E-state index is -5.60. The van der Waals surface area contributed by atoms with Crippen molar-refractivity contribution in [1.29, 1.82) is 0 Å². The predicted molar refractivity (Wildman–Crippen MR) is 137 cm³/mol. The molecule has 1 saturated carbocycles. The Morgan fingerprint density at radius 3 is 2.24 bits per heavy atom. The van der Waals surface area contributed by atoms with Crippen LogP contribution in [0, 0.1) is 0 Å². The summed E-state index contributed by atoms with van der Waals surface area (Å²) >= 11 is 2.12. The van der Waals surface area contributed by atoms with E-state index in [2.05, 4.69) is 0 Å². The molecular weight excluding hydrogens is 546 g/mol. The fourth-order valence-electron chi connectivity index (χ4n) is 6.86. The molecule has 3 atom stereocenters. The minimum Gasteiger partial charge on any atom is -0.359 e. The first-order chi connectivity index (χ1) is 17.7. The van der Waals surface area contributed by atoms with Gasteiger partial charge in [0.15, 0.2) is 0 Å². The van der Waals surface area contributed by atoms with Gasteiger partial charge in [-0.25, -0.2) is 0 Å². The van der Waals surface area contributed by atoms with Crippen molar-refractivity contribution in [1.82, 2.24) is 0 Å². The van der Waals surface area contributed by atoms with Crippen molar-refractivity contribution >= 4 is 34.3 Å². The first kappa shape index (κ1) is 26.3. The van der Waals surface area contributed by atoms with Crippen LogP contribution in [0.5, 0.6) is 0 Å². The quantitative estimate of drug-likeness (QED) is 0.271. The number of benzene rings is 2. The number of hydrogen-bond donors (Lipinski definition) is 0. The molecule has 0 radical (unpaired) electrons. The summed E-state index contributed by atoms with van der Waals surface area (Å²) in [6.45, 7) is 6.43. The maximum Gasteiger partial charge on any atom is 0.380 e. The molecule has 4 aliphatic rings. The lowest BCUT2D eigenvalue weighted by atomic mass is 9.58. The lowest BCUT2D eigenvalue weighted by Crippen LogP contribution is -2.57. The van der Waals surface area contributed by atoms with Crippen LogP contribution < -0.4 is 0 Å². The summed E-state index contributed by atoms with van der Waals surface area (Å²) in [5.41, 5.74) is -3.23. The molecule has 2 aromatic carbocycles. The number of fused-ring (bicyclic) bond motifs is 8. The highest BCUT2D eigenvalue weighted by Crippen LogP contribution is 2.78. The monoisotopic (exact) mass is 570 g/mol. The van der Waals surface area contributed by atoms with Crippen LogP contribution in [-0.2, 0) is 14.9 Å². The molecule has 202 valence electrons. The van der Waals surface area contributed by atoms with Crippen molar-refractivity contribution in [3.05, 3.63) is 74.1 Å². The van der Waals surface area contributed by atoms with Gasteiger partial charge in [-0.05, 0) is 66.1 Å². The lowest BCUT2D eigenvalue weighted by Gasteiger charge is -2.53. The SMILES string of the molecule is COCO[C@H](C)[C@@]12C(=C3C(=C4C(C)=C(C)S[C@@]41C)C(F)(F)C(F)(F)C3(F)F)Sc1ccc3ccccc3c12. The summed E-state index contributed by atoms with van der Waals surface area (Å²) in [5.74, 6) is -15.8. The molecule has 0 N–H and O–H groups in total. The molecule has 2 heterocycles. The van der Waals surface area contributed by atoms with Crippen molar-refractivity contribution in [2.45, 2.75) is 66.6 Å². The van der Waals surface area contributed by atoms with Gasteiger partial charge in [-0.15, -0.1) is 11.8 Å². The fourth-order valence-corrected chi connectivity index (χ4v) is 10.4. The Labute approximate surface area is 224 Å². The molecule has 6 rings (SSSR count). The number of ether oxygens (including phenoxy) is 2. The van der Waals surface area contributed by atoms with E-state index >= 15 is 26.3 Å². The normalized spacial score (nSPS) is 31.0. The Morgan fingerprint density at radius 1 is 0.895 bits per heavy atom. The third-order valence-corrected chi connectivity index (χ3v) is 11.4. The van der Waals surface area contributed by atoms with Gasteiger partial charge in [0, 0.05) is 28.1 Å². The molecule has 2 aliphatic carbocycles. The Kier molecular flexibility index (Phi) is 5.45. The first-order valence-corrected chi connectivity index (χ1v) is 13.7. The smallest absolute Gasteiger partial charge is 0.359 e. The average Bonchev–Trinajstić information content (AvgIpc) is 3.37. The van der Waals surface area contributed by atoms with Gasteiger partial charge in [0.1, 0.15) is 6.79 Å². The third kappa shape index (κ3) is 2.68. The van der Waals surface area contributed by atoms with E-state index in [4.69, 9.17) is 9.47 Å². The highest BCUT2D eigenvalue weighted by molar-refractivity contribution is 8.05. The Morgan fingerprint density at radius 2 is 1.55 bits per heavy atom. The summed E-state index contributed by atoms with van der Waals surface area (Å²) < 4.78 is 103. The molecule has 0 aromatic heterocycles. The van der Waals surface area contributed by atoms with Crippen molar-refractivity contribution in [3.8, 4) is 0 Å². The molecule has 0 saturated heterocycles. The van der Waals surface area contributed by atoms with E-state index < -0.39 is 45.2 Å². The number of halogens is 6. The van der Waals surface area contributed by atoms with E-state index in [1.807, 2.05) is 30.3 Å². The van der Waals surface area contributed by atoms with Crippen LogP contribution in [0.2, 0.25) is 0 Å². The molecule has 2 aliphatic heterocycles. The van der Waals surface area contributed by atoms with Crippen molar-refractivity contribution in [2.75, 3.05) is 13.9 Å². The molecule has 38 heavy (non-hydrogen) atoms. The van der Waals surface area contributed by atoms with Crippen LogP contribution in [0.1, 0.15) is 33.3 Å². The van der Waals surface area contributed by atoms with E-state index in [1.165, 1.54) is 18.9 Å². The molecule has 0 spiro atoms. The first-order valence-electron chi connectivity index (χ1n) is 12.0. The molecule has 1 fully saturated rings. The Hall–Kier alpha value is -1.88.